The Kier molecular flexibility index (Phi) is 17.5. The third kappa shape index (κ3) is 13.3. The lowest BCUT2D eigenvalue weighted by molar-refractivity contribution is -0.144. The standard InChI is InChI=1S/C68H62N4O13/c1-44-12-33-59(73)69(44)38-8-4-6-10-62(76)82-40-36-45-13-21-49(22-14-45)71-64(78)55-31-29-53(42-57(55)66(71)80)84-51-25-17-47(18-26-51)68(2,3)48-19-27-52(28-20-48)85-54-30-32-56-58(43-54)67(81)72(65(56)79)50-23-15-46(16-24-50)37-41-83-63(77)11-7-5-9-39-70-60(74)34-35-61(70)75/h12-35,42-43H,1,4-11,36-41H2,2-3H3. The second-order valence-corrected chi connectivity index (χ2v) is 21.6. The summed E-state index contributed by atoms with van der Waals surface area (Å²) in [6, 6.07) is 38.8. The number of amides is 7. The fourth-order valence-electron chi connectivity index (χ4n) is 10.5. The average molecular weight is 1140 g/mol. The molecule has 0 saturated carbocycles. The molecule has 0 unspecified atom stereocenters. The molecule has 4 aliphatic rings. The van der Waals surface area contributed by atoms with Crippen LogP contribution >= 0.6 is 0 Å². The number of rotatable bonds is 26. The summed E-state index contributed by atoms with van der Waals surface area (Å²) in [5.74, 6) is -1.31. The highest BCUT2D eigenvalue weighted by molar-refractivity contribution is 6.35. The molecule has 0 fully saturated rings. The van der Waals surface area contributed by atoms with E-state index in [9.17, 15) is 43.2 Å². The van der Waals surface area contributed by atoms with Crippen molar-refractivity contribution in [2.45, 2.75) is 83.5 Å². The first-order valence-corrected chi connectivity index (χ1v) is 28.4. The van der Waals surface area contributed by atoms with Crippen molar-refractivity contribution in [2.75, 3.05) is 36.1 Å². The molecule has 0 spiro atoms. The van der Waals surface area contributed by atoms with Crippen LogP contribution < -0.4 is 19.3 Å². The van der Waals surface area contributed by atoms with Crippen molar-refractivity contribution in [3.63, 3.8) is 0 Å². The minimum absolute atomic E-state index is 0.0676. The number of allylic oxidation sites excluding steroid dienone is 1. The lowest BCUT2D eigenvalue weighted by Crippen LogP contribution is -2.30. The van der Waals surface area contributed by atoms with Crippen LogP contribution in [0.1, 0.15) is 129 Å². The summed E-state index contributed by atoms with van der Waals surface area (Å²) in [5, 5.41) is 0. The minimum atomic E-state index is -0.476. The van der Waals surface area contributed by atoms with Crippen LogP contribution in [0.25, 0.3) is 0 Å². The number of hydrogen-bond donors (Lipinski definition) is 0. The van der Waals surface area contributed by atoms with Gasteiger partial charge in [0.25, 0.3) is 41.4 Å². The number of fused-ring (bicyclic) bond motifs is 2. The quantitative estimate of drug-likeness (QED) is 0.0282. The smallest absolute Gasteiger partial charge is 0.305 e. The molecule has 0 aromatic heterocycles. The molecule has 0 aliphatic carbocycles. The summed E-state index contributed by atoms with van der Waals surface area (Å²) in [6.07, 6.45) is 11.2. The number of benzene rings is 6. The largest absolute Gasteiger partial charge is 0.465 e. The Bertz CT molecular complexity index is 3420. The molecule has 0 atom stereocenters. The lowest BCUT2D eigenvalue weighted by Gasteiger charge is -2.26. The number of esters is 2. The highest BCUT2D eigenvalue weighted by Crippen LogP contribution is 2.38. The molecule has 10 rings (SSSR count). The number of imide groups is 3. The molecular formula is C68H62N4O13. The van der Waals surface area contributed by atoms with E-state index < -0.39 is 29.0 Å². The van der Waals surface area contributed by atoms with E-state index in [4.69, 9.17) is 18.9 Å². The Labute approximate surface area is 491 Å². The normalized spacial score (nSPS) is 14.5. The van der Waals surface area contributed by atoms with E-state index >= 15 is 0 Å². The van der Waals surface area contributed by atoms with E-state index in [2.05, 4.69) is 20.4 Å². The van der Waals surface area contributed by atoms with E-state index in [1.807, 2.05) is 48.5 Å². The number of carbonyl (C=O) groups excluding carboxylic acids is 9. The molecule has 17 nitrogen and oxygen atoms in total. The third-order valence-corrected chi connectivity index (χ3v) is 15.5. The lowest BCUT2D eigenvalue weighted by atomic mass is 9.78. The van der Waals surface area contributed by atoms with Crippen molar-refractivity contribution in [1.82, 2.24) is 9.80 Å². The number of anilines is 2. The van der Waals surface area contributed by atoms with Gasteiger partial charge in [0, 0.05) is 68.1 Å². The van der Waals surface area contributed by atoms with E-state index in [-0.39, 0.29) is 78.0 Å². The average Bonchev–Trinajstić information content (AvgIpc) is 2.02. The van der Waals surface area contributed by atoms with Gasteiger partial charge in [-0.3, -0.25) is 48.1 Å². The van der Waals surface area contributed by atoms with E-state index in [1.165, 1.54) is 23.1 Å². The highest BCUT2D eigenvalue weighted by Gasteiger charge is 2.39. The molecule has 0 saturated heterocycles. The monoisotopic (exact) mass is 1140 g/mol. The predicted molar refractivity (Wildman–Crippen MR) is 315 cm³/mol. The van der Waals surface area contributed by atoms with Gasteiger partial charge in [-0.1, -0.05) is 81.8 Å². The van der Waals surface area contributed by atoms with E-state index in [0.717, 1.165) is 44.9 Å². The number of hydrogen-bond acceptors (Lipinski definition) is 13. The maximum atomic E-state index is 13.7. The zero-order valence-corrected chi connectivity index (χ0v) is 47.2. The van der Waals surface area contributed by atoms with Crippen molar-refractivity contribution in [2.24, 2.45) is 0 Å². The number of unbranched alkanes of at least 4 members (excludes halogenated alkanes) is 4. The van der Waals surface area contributed by atoms with Crippen LogP contribution in [0, 0.1) is 0 Å². The number of ether oxygens (including phenoxy) is 4. The predicted octanol–water partition coefficient (Wildman–Crippen LogP) is 11.3. The van der Waals surface area contributed by atoms with E-state index in [0.29, 0.717) is 91.7 Å². The topological polar surface area (TPSA) is 204 Å². The molecule has 0 radical (unpaired) electrons. The SMILES string of the molecule is C=C1C=CC(=O)N1CCCCCC(=O)OCCc1ccc(N2C(=O)c3ccc(Oc4ccc(C(C)(C)c5ccc(Oc6ccc7c(c6)C(=O)N(c6ccc(CCOC(=O)CCCCCN8C(=O)C=CC8=O)cc6)C7=O)cc5)cc4)cc3C2=O)cc1. The molecule has 0 N–H and O–H groups in total. The first kappa shape index (κ1) is 58.2. The fraction of sp³-hybridized carbons (Fsp3) is 0.250. The van der Waals surface area contributed by atoms with Crippen molar-refractivity contribution < 1.29 is 62.1 Å². The molecule has 85 heavy (non-hydrogen) atoms. The van der Waals surface area contributed by atoms with Gasteiger partial charge >= 0.3 is 11.9 Å². The van der Waals surface area contributed by atoms with Crippen molar-refractivity contribution in [1.29, 1.82) is 0 Å². The molecule has 4 aliphatic heterocycles. The maximum absolute atomic E-state index is 13.7. The van der Waals surface area contributed by atoms with Gasteiger partial charge in [0.1, 0.15) is 23.0 Å². The van der Waals surface area contributed by atoms with Gasteiger partial charge in [0.2, 0.25) is 0 Å². The van der Waals surface area contributed by atoms with Crippen LogP contribution in [0.2, 0.25) is 0 Å². The molecule has 6 aromatic carbocycles. The molecule has 432 valence electrons. The summed E-state index contributed by atoms with van der Waals surface area (Å²) in [7, 11) is 0. The number of nitrogens with zero attached hydrogens (tertiary/aromatic N) is 4. The van der Waals surface area contributed by atoms with Gasteiger partial charge in [-0.15, -0.1) is 0 Å². The second kappa shape index (κ2) is 25.6. The van der Waals surface area contributed by atoms with Gasteiger partial charge in [0.05, 0.1) is 46.8 Å². The summed E-state index contributed by atoms with van der Waals surface area (Å²) in [4.78, 5) is 119. The molecular weight excluding hydrogens is 1080 g/mol. The Balaban J connectivity index is 0.659. The molecule has 17 heteroatoms. The van der Waals surface area contributed by atoms with Crippen molar-refractivity contribution >= 4 is 64.7 Å². The van der Waals surface area contributed by atoms with Crippen LogP contribution in [0.3, 0.4) is 0 Å². The Morgan fingerprint density at radius 1 is 0.424 bits per heavy atom. The summed E-state index contributed by atoms with van der Waals surface area (Å²) in [5.41, 5.74) is 5.77. The maximum Gasteiger partial charge on any atom is 0.305 e. The molecule has 4 heterocycles. The zero-order valence-electron chi connectivity index (χ0n) is 47.2. The Morgan fingerprint density at radius 2 is 0.800 bits per heavy atom. The Morgan fingerprint density at radius 3 is 1.21 bits per heavy atom. The summed E-state index contributed by atoms with van der Waals surface area (Å²) in [6.45, 7) is 9.30. The van der Waals surface area contributed by atoms with Crippen LogP contribution in [0.5, 0.6) is 23.0 Å². The third-order valence-electron chi connectivity index (χ3n) is 15.5. The van der Waals surface area contributed by atoms with Crippen molar-refractivity contribution in [3.05, 3.63) is 215 Å². The summed E-state index contributed by atoms with van der Waals surface area (Å²) < 4.78 is 23.2. The first-order chi connectivity index (χ1) is 41.0. The molecule has 6 aromatic rings. The van der Waals surface area contributed by atoms with Gasteiger partial charge < -0.3 is 23.8 Å². The van der Waals surface area contributed by atoms with Gasteiger partial charge in [-0.2, -0.15) is 0 Å². The second-order valence-electron chi connectivity index (χ2n) is 21.6. The summed E-state index contributed by atoms with van der Waals surface area (Å²) >= 11 is 0. The zero-order chi connectivity index (χ0) is 59.8. The number of carbonyl (C=O) groups is 9. The highest BCUT2D eigenvalue weighted by atomic mass is 16.5. The van der Waals surface area contributed by atoms with Crippen LogP contribution in [-0.4, -0.2) is 89.4 Å². The van der Waals surface area contributed by atoms with Crippen LogP contribution in [0.15, 0.2) is 170 Å². The van der Waals surface area contributed by atoms with Gasteiger partial charge in [-0.25, -0.2) is 9.80 Å². The van der Waals surface area contributed by atoms with Crippen LogP contribution in [0.4, 0.5) is 11.4 Å². The van der Waals surface area contributed by atoms with Crippen LogP contribution in [-0.2, 0) is 51.7 Å². The van der Waals surface area contributed by atoms with Gasteiger partial charge in [0.15, 0.2) is 0 Å². The minimum Gasteiger partial charge on any atom is -0.465 e. The van der Waals surface area contributed by atoms with Gasteiger partial charge in [-0.05, 0) is 139 Å². The van der Waals surface area contributed by atoms with Crippen molar-refractivity contribution in [3.8, 4) is 23.0 Å². The fourth-order valence-corrected chi connectivity index (χ4v) is 10.5. The van der Waals surface area contributed by atoms with E-state index in [1.54, 1.807) is 95.9 Å². The molecule has 7 amide bonds. The Hall–Kier alpha value is -10.0. The first-order valence-electron chi connectivity index (χ1n) is 28.4. The molecule has 0 bridgehead atoms.